The third-order valence-corrected chi connectivity index (χ3v) is 3.15. The molecule has 0 aliphatic heterocycles. The van der Waals surface area contributed by atoms with Crippen LogP contribution >= 0.6 is 15.9 Å². The molecule has 0 radical (unpaired) electrons. The summed E-state index contributed by atoms with van der Waals surface area (Å²) >= 11 is 3.46. The zero-order valence-corrected chi connectivity index (χ0v) is 13.5. The van der Waals surface area contributed by atoms with Gasteiger partial charge >= 0.3 is 0 Å². The van der Waals surface area contributed by atoms with Crippen LogP contribution in [0.3, 0.4) is 0 Å². The van der Waals surface area contributed by atoms with E-state index in [0.717, 1.165) is 16.8 Å². The molecule has 0 bridgehead atoms. The summed E-state index contributed by atoms with van der Waals surface area (Å²) in [6.45, 7) is 11.7. The van der Waals surface area contributed by atoms with Gasteiger partial charge in [-0.25, -0.2) is 0 Å². The predicted molar refractivity (Wildman–Crippen MR) is 81.2 cm³/mol. The molecule has 0 fully saturated rings. The van der Waals surface area contributed by atoms with E-state index in [1.807, 2.05) is 24.3 Å². The Morgan fingerprint density at radius 1 is 1.28 bits per heavy atom. The maximum atomic E-state index is 6.06. The number of ether oxygens (including phenoxy) is 1. The van der Waals surface area contributed by atoms with E-state index in [2.05, 4.69) is 55.9 Å². The lowest BCUT2D eigenvalue weighted by atomic mass is 10.0. The Hall–Kier alpha value is -0.540. The highest BCUT2D eigenvalue weighted by Crippen LogP contribution is 2.20. The maximum absolute atomic E-state index is 6.06. The standard InChI is InChI=1S/C15H24BrNO/c1-11(2)14(10-17-15(3,4)5)18-13-8-6-7-12(16)9-13/h6-9,11,14,17H,10H2,1-5H3. The molecule has 0 amide bonds. The Morgan fingerprint density at radius 2 is 1.94 bits per heavy atom. The first-order chi connectivity index (χ1) is 8.28. The van der Waals surface area contributed by atoms with Gasteiger partial charge in [0.2, 0.25) is 0 Å². The lowest BCUT2D eigenvalue weighted by Crippen LogP contribution is -2.44. The second-order valence-electron chi connectivity index (χ2n) is 5.99. The molecule has 1 aromatic rings. The van der Waals surface area contributed by atoms with Crippen LogP contribution in [0.15, 0.2) is 28.7 Å². The van der Waals surface area contributed by atoms with Crippen LogP contribution in [-0.2, 0) is 0 Å². The molecule has 0 saturated carbocycles. The lowest BCUT2D eigenvalue weighted by molar-refractivity contribution is 0.139. The van der Waals surface area contributed by atoms with Gasteiger partial charge in [0.25, 0.3) is 0 Å². The number of hydrogen-bond donors (Lipinski definition) is 1. The van der Waals surface area contributed by atoms with Gasteiger partial charge in [0, 0.05) is 16.6 Å². The summed E-state index contributed by atoms with van der Waals surface area (Å²) in [6, 6.07) is 8.00. The molecular weight excluding hydrogens is 290 g/mol. The maximum Gasteiger partial charge on any atom is 0.120 e. The quantitative estimate of drug-likeness (QED) is 0.878. The van der Waals surface area contributed by atoms with E-state index < -0.39 is 0 Å². The zero-order chi connectivity index (χ0) is 13.8. The fourth-order valence-electron chi connectivity index (χ4n) is 1.54. The Morgan fingerprint density at radius 3 is 2.44 bits per heavy atom. The highest BCUT2D eigenvalue weighted by molar-refractivity contribution is 9.10. The van der Waals surface area contributed by atoms with E-state index in [-0.39, 0.29) is 11.6 Å². The molecule has 0 aliphatic carbocycles. The zero-order valence-electron chi connectivity index (χ0n) is 12.0. The van der Waals surface area contributed by atoms with Crippen molar-refractivity contribution in [2.75, 3.05) is 6.54 Å². The van der Waals surface area contributed by atoms with Crippen molar-refractivity contribution in [2.24, 2.45) is 5.92 Å². The van der Waals surface area contributed by atoms with Crippen LogP contribution < -0.4 is 10.1 Å². The summed E-state index contributed by atoms with van der Waals surface area (Å²) in [4.78, 5) is 0. The summed E-state index contributed by atoms with van der Waals surface area (Å²) in [6.07, 6.45) is 0.179. The summed E-state index contributed by atoms with van der Waals surface area (Å²) in [5, 5.41) is 3.50. The third-order valence-electron chi connectivity index (χ3n) is 2.66. The first-order valence-corrected chi connectivity index (χ1v) is 7.24. The first-order valence-electron chi connectivity index (χ1n) is 6.45. The van der Waals surface area contributed by atoms with Gasteiger partial charge in [-0.05, 0) is 44.9 Å². The van der Waals surface area contributed by atoms with Crippen LogP contribution in [0.2, 0.25) is 0 Å². The highest BCUT2D eigenvalue weighted by Gasteiger charge is 2.18. The van der Waals surface area contributed by atoms with Gasteiger partial charge < -0.3 is 10.1 Å². The second-order valence-corrected chi connectivity index (χ2v) is 6.90. The number of benzene rings is 1. The molecule has 0 aliphatic rings. The summed E-state index contributed by atoms with van der Waals surface area (Å²) < 4.78 is 7.11. The number of rotatable bonds is 5. The minimum absolute atomic E-state index is 0.119. The monoisotopic (exact) mass is 313 g/mol. The largest absolute Gasteiger partial charge is 0.489 e. The topological polar surface area (TPSA) is 21.3 Å². The fourth-order valence-corrected chi connectivity index (χ4v) is 1.91. The van der Waals surface area contributed by atoms with Gasteiger partial charge in [0.15, 0.2) is 0 Å². The lowest BCUT2D eigenvalue weighted by Gasteiger charge is -2.28. The molecule has 1 unspecified atom stereocenters. The van der Waals surface area contributed by atoms with Crippen molar-refractivity contribution in [2.45, 2.75) is 46.3 Å². The smallest absolute Gasteiger partial charge is 0.120 e. The molecule has 1 rings (SSSR count). The molecule has 1 N–H and O–H groups in total. The number of halogens is 1. The van der Waals surface area contributed by atoms with Gasteiger partial charge in [-0.3, -0.25) is 0 Å². The van der Waals surface area contributed by atoms with Gasteiger partial charge in [-0.15, -0.1) is 0 Å². The predicted octanol–water partition coefficient (Wildman–Crippen LogP) is 4.24. The molecule has 1 atom stereocenters. The third kappa shape index (κ3) is 5.87. The molecule has 1 aromatic carbocycles. The highest BCUT2D eigenvalue weighted by atomic mass is 79.9. The van der Waals surface area contributed by atoms with Crippen LogP contribution in [0, 0.1) is 5.92 Å². The van der Waals surface area contributed by atoms with E-state index in [1.54, 1.807) is 0 Å². The Bertz CT molecular complexity index is 371. The van der Waals surface area contributed by atoms with Gasteiger partial charge in [-0.1, -0.05) is 35.8 Å². The molecule has 0 saturated heterocycles. The molecule has 0 spiro atoms. The van der Waals surface area contributed by atoms with E-state index >= 15 is 0 Å². The van der Waals surface area contributed by atoms with Crippen molar-refractivity contribution in [3.8, 4) is 5.75 Å². The van der Waals surface area contributed by atoms with Crippen LogP contribution in [-0.4, -0.2) is 18.2 Å². The van der Waals surface area contributed by atoms with Gasteiger partial charge in [0.1, 0.15) is 11.9 Å². The van der Waals surface area contributed by atoms with Crippen LogP contribution in [0.4, 0.5) is 0 Å². The van der Waals surface area contributed by atoms with Crippen molar-refractivity contribution in [1.82, 2.24) is 5.32 Å². The fraction of sp³-hybridized carbons (Fsp3) is 0.600. The van der Waals surface area contributed by atoms with E-state index in [4.69, 9.17) is 4.74 Å². The molecule has 2 nitrogen and oxygen atoms in total. The normalized spacial score (nSPS) is 13.7. The Balaban J connectivity index is 2.63. The molecule has 18 heavy (non-hydrogen) atoms. The van der Waals surface area contributed by atoms with Crippen molar-refractivity contribution < 1.29 is 4.74 Å². The summed E-state index contributed by atoms with van der Waals surface area (Å²) in [7, 11) is 0. The van der Waals surface area contributed by atoms with Gasteiger partial charge in [-0.2, -0.15) is 0 Å². The van der Waals surface area contributed by atoms with Crippen molar-refractivity contribution >= 4 is 15.9 Å². The van der Waals surface area contributed by atoms with Gasteiger partial charge in [0.05, 0.1) is 0 Å². The van der Waals surface area contributed by atoms with Crippen LogP contribution in [0.5, 0.6) is 5.75 Å². The average molecular weight is 314 g/mol. The van der Waals surface area contributed by atoms with Crippen molar-refractivity contribution in [3.05, 3.63) is 28.7 Å². The second kappa shape index (κ2) is 6.58. The van der Waals surface area contributed by atoms with Crippen LogP contribution in [0.25, 0.3) is 0 Å². The molecule has 0 aromatic heterocycles. The van der Waals surface area contributed by atoms with Crippen molar-refractivity contribution in [3.63, 3.8) is 0 Å². The summed E-state index contributed by atoms with van der Waals surface area (Å²) in [5.74, 6) is 1.39. The van der Waals surface area contributed by atoms with E-state index in [1.165, 1.54) is 0 Å². The molecular formula is C15H24BrNO. The van der Waals surface area contributed by atoms with Crippen LogP contribution in [0.1, 0.15) is 34.6 Å². The summed E-state index contributed by atoms with van der Waals surface area (Å²) in [5.41, 5.74) is 0.119. The SMILES string of the molecule is CC(C)C(CNC(C)(C)C)Oc1cccc(Br)c1. The Labute approximate surface area is 119 Å². The first kappa shape index (κ1) is 15.5. The number of hydrogen-bond acceptors (Lipinski definition) is 2. The Kier molecular flexibility index (Phi) is 5.67. The van der Waals surface area contributed by atoms with Crippen molar-refractivity contribution in [1.29, 1.82) is 0 Å². The number of nitrogens with one attached hydrogen (secondary N) is 1. The molecule has 102 valence electrons. The molecule has 3 heteroatoms. The average Bonchev–Trinajstić information content (AvgIpc) is 2.22. The minimum atomic E-state index is 0.119. The van der Waals surface area contributed by atoms with E-state index in [0.29, 0.717) is 5.92 Å². The molecule has 0 heterocycles. The minimum Gasteiger partial charge on any atom is -0.489 e. The van der Waals surface area contributed by atoms with E-state index in [9.17, 15) is 0 Å².